The van der Waals surface area contributed by atoms with Gasteiger partial charge in [0.25, 0.3) is 5.91 Å². The first-order chi connectivity index (χ1) is 11.4. The van der Waals surface area contributed by atoms with Crippen molar-refractivity contribution in [3.05, 3.63) is 52.6 Å². The number of aromatic amines is 1. The number of pyridine rings is 1. The predicted molar refractivity (Wildman–Crippen MR) is 91.0 cm³/mol. The van der Waals surface area contributed by atoms with Gasteiger partial charge in [-0.15, -0.1) is 0 Å². The second kappa shape index (κ2) is 7.29. The van der Waals surface area contributed by atoms with Gasteiger partial charge < -0.3 is 14.6 Å². The van der Waals surface area contributed by atoms with Gasteiger partial charge in [-0.25, -0.2) is 4.79 Å². The van der Waals surface area contributed by atoms with Gasteiger partial charge in [0.15, 0.2) is 0 Å². The van der Waals surface area contributed by atoms with E-state index in [2.05, 4.69) is 9.97 Å². The Labute approximate surface area is 141 Å². The molecule has 128 valence electrons. The van der Waals surface area contributed by atoms with Crippen molar-refractivity contribution in [1.29, 1.82) is 0 Å². The number of amides is 1. The summed E-state index contributed by atoms with van der Waals surface area (Å²) in [4.78, 5) is 33.6. The molecule has 0 saturated heterocycles. The molecule has 2 heterocycles. The summed E-state index contributed by atoms with van der Waals surface area (Å²) >= 11 is 0. The average Bonchev–Trinajstić information content (AvgIpc) is 2.96. The molecular formula is C18H23N3O3. The Kier molecular flexibility index (Phi) is 5.39. The van der Waals surface area contributed by atoms with E-state index < -0.39 is 5.97 Å². The lowest BCUT2D eigenvalue weighted by Gasteiger charge is -2.25. The highest BCUT2D eigenvalue weighted by Gasteiger charge is 2.27. The van der Waals surface area contributed by atoms with Gasteiger partial charge >= 0.3 is 5.97 Å². The standard InChI is InChI=1S/C18H23N3O3/c1-6-14-15(18(23)24-5)11(2)16(20-14)17(22)21(4)12(3)13-7-9-19-10-8-13/h7-10,12,20H,6H2,1-5H3. The van der Waals surface area contributed by atoms with Gasteiger partial charge in [-0.05, 0) is 43.5 Å². The van der Waals surface area contributed by atoms with E-state index >= 15 is 0 Å². The summed E-state index contributed by atoms with van der Waals surface area (Å²) in [7, 11) is 3.09. The lowest BCUT2D eigenvalue weighted by molar-refractivity contribution is 0.0599. The zero-order valence-corrected chi connectivity index (χ0v) is 14.7. The fourth-order valence-electron chi connectivity index (χ4n) is 2.73. The van der Waals surface area contributed by atoms with Gasteiger partial charge in [0.05, 0.1) is 18.7 Å². The maximum absolute atomic E-state index is 12.9. The third kappa shape index (κ3) is 3.18. The summed E-state index contributed by atoms with van der Waals surface area (Å²) < 4.78 is 4.84. The van der Waals surface area contributed by atoms with Crippen molar-refractivity contribution in [3.63, 3.8) is 0 Å². The van der Waals surface area contributed by atoms with Gasteiger partial charge in [0.2, 0.25) is 0 Å². The van der Waals surface area contributed by atoms with Crippen molar-refractivity contribution < 1.29 is 14.3 Å². The number of nitrogens with zero attached hydrogens (tertiary/aromatic N) is 2. The van der Waals surface area contributed by atoms with E-state index in [4.69, 9.17) is 4.74 Å². The third-order valence-corrected chi connectivity index (χ3v) is 4.37. The lowest BCUT2D eigenvalue weighted by Crippen LogP contribution is -2.30. The van der Waals surface area contributed by atoms with Crippen LogP contribution < -0.4 is 0 Å². The van der Waals surface area contributed by atoms with Crippen LogP contribution in [0.1, 0.15) is 57.6 Å². The molecule has 0 aliphatic heterocycles. The molecule has 1 atom stereocenters. The summed E-state index contributed by atoms with van der Waals surface area (Å²) in [6.45, 7) is 5.64. The van der Waals surface area contributed by atoms with Crippen molar-refractivity contribution in [2.24, 2.45) is 0 Å². The molecule has 0 aromatic carbocycles. The minimum absolute atomic E-state index is 0.116. The van der Waals surface area contributed by atoms with Gasteiger partial charge in [-0.1, -0.05) is 6.92 Å². The Bertz CT molecular complexity index is 737. The van der Waals surface area contributed by atoms with Crippen LogP contribution >= 0.6 is 0 Å². The molecule has 1 unspecified atom stereocenters. The van der Waals surface area contributed by atoms with Crippen LogP contribution in [0, 0.1) is 6.92 Å². The molecule has 6 heteroatoms. The lowest BCUT2D eigenvalue weighted by atomic mass is 10.1. The summed E-state index contributed by atoms with van der Waals surface area (Å²) in [5.74, 6) is -0.592. The van der Waals surface area contributed by atoms with E-state index in [1.54, 1.807) is 31.3 Å². The normalized spacial score (nSPS) is 11.9. The van der Waals surface area contributed by atoms with E-state index in [1.807, 2.05) is 26.0 Å². The molecule has 0 bridgehead atoms. The Morgan fingerprint density at radius 3 is 2.50 bits per heavy atom. The third-order valence-electron chi connectivity index (χ3n) is 4.37. The van der Waals surface area contributed by atoms with Crippen LogP contribution in [0.15, 0.2) is 24.5 Å². The van der Waals surface area contributed by atoms with Crippen molar-refractivity contribution in [3.8, 4) is 0 Å². The number of ether oxygens (including phenoxy) is 1. The Morgan fingerprint density at radius 1 is 1.33 bits per heavy atom. The SMILES string of the molecule is CCc1[nH]c(C(=O)N(C)C(C)c2ccncc2)c(C)c1C(=O)OC. The molecule has 0 radical (unpaired) electrons. The van der Waals surface area contributed by atoms with Gasteiger partial charge in [-0.3, -0.25) is 9.78 Å². The molecule has 2 aromatic rings. The highest BCUT2D eigenvalue weighted by atomic mass is 16.5. The molecule has 2 rings (SSSR count). The van der Waals surface area contributed by atoms with Crippen molar-refractivity contribution in [2.45, 2.75) is 33.2 Å². The zero-order valence-electron chi connectivity index (χ0n) is 14.7. The van der Waals surface area contributed by atoms with Crippen LogP contribution in [0.25, 0.3) is 0 Å². The van der Waals surface area contributed by atoms with E-state index in [9.17, 15) is 9.59 Å². The molecule has 0 saturated carbocycles. The van der Waals surface area contributed by atoms with Crippen molar-refractivity contribution in [1.82, 2.24) is 14.9 Å². The van der Waals surface area contributed by atoms with Gasteiger partial charge in [0, 0.05) is 25.1 Å². The van der Waals surface area contributed by atoms with Crippen molar-refractivity contribution in [2.75, 3.05) is 14.2 Å². The number of carbonyl (C=O) groups excluding carboxylic acids is 2. The second-order valence-corrected chi connectivity index (χ2v) is 5.70. The van der Waals surface area contributed by atoms with E-state index in [0.29, 0.717) is 28.9 Å². The molecule has 0 aliphatic carbocycles. The summed E-state index contributed by atoms with van der Waals surface area (Å²) in [5.41, 5.74) is 3.21. The molecule has 2 aromatic heterocycles. The van der Waals surface area contributed by atoms with Crippen LogP contribution in [0.3, 0.4) is 0 Å². The number of hydrogen-bond donors (Lipinski definition) is 1. The topological polar surface area (TPSA) is 75.3 Å². The summed E-state index contributed by atoms with van der Waals surface area (Å²) in [6, 6.07) is 3.65. The predicted octanol–water partition coefficient (Wildman–Crippen LogP) is 2.90. The zero-order chi connectivity index (χ0) is 17.9. The average molecular weight is 329 g/mol. The molecule has 0 aliphatic rings. The number of aromatic nitrogens is 2. The molecule has 0 spiro atoms. The number of aryl methyl sites for hydroxylation is 1. The number of H-pyrrole nitrogens is 1. The molecule has 6 nitrogen and oxygen atoms in total. The van der Waals surface area contributed by atoms with Crippen LogP contribution in [0.4, 0.5) is 0 Å². The number of esters is 1. The molecule has 0 fully saturated rings. The number of hydrogen-bond acceptors (Lipinski definition) is 4. The summed E-state index contributed by atoms with van der Waals surface area (Å²) in [5, 5.41) is 0. The van der Waals surface area contributed by atoms with Crippen LogP contribution in [-0.4, -0.2) is 40.9 Å². The van der Waals surface area contributed by atoms with Gasteiger partial charge in [0.1, 0.15) is 5.69 Å². The fourth-order valence-corrected chi connectivity index (χ4v) is 2.73. The number of nitrogens with one attached hydrogen (secondary N) is 1. The number of rotatable bonds is 5. The highest BCUT2D eigenvalue weighted by molar-refractivity contribution is 6.00. The van der Waals surface area contributed by atoms with Crippen LogP contribution in [-0.2, 0) is 11.2 Å². The van der Waals surface area contributed by atoms with Gasteiger partial charge in [-0.2, -0.15) is 0 Å². The molecular weight excluding hydrogens is 306 g/mol. The second-order valence-electron chi connectivity index (χ2n) is 5.70. The smallest absolute Gasteiger partial charge is 0.339 e. The minimum Gasteiger partial charge on any atom is -0.465 e. The Morgan fingerprint density at radius 2 is 1.96 bits per heavy atom. The first-order valence-corrected chi connectivity index (χ1v) is 7.89. The minimum atomic E-state index is -0.426. The first-order valence-electron chi connectivity index (χ1n) is 7.89. The van der Waals surface area contributed by atoms with Crippen molar-refractivity contribution >= 4 is 11.9 Å². The monoisotopic (exact) mass is 329 g/mol. The Hall–Kier alpha value is -2.63. The molecule has 1 N–H and O–H groups in total. The largest absolute Gasteiger partial charge is 0.465 e. The molecule has 1 amide bonds. The quantitative estimate of drug-likeness (QED) is 0.856. The van der Waals surface area contributed by atoms with Crippen LogP contribution in [0.2, 0.25) is 0 Å². The van der Waals surface area contributed by atoms with E-state index in [1.165, 1.54) is 7.11 Å². The first kappa shape index (κ1) is 17.7. The number of methoxy groups -OCH3 is 1. The number of carbonyl (C=O) groups is 2. The summed E-state index contributed by atoms with van der Waals surface area (Å²) in [6.07, 6.45) is 4.02. The molecule has 24 heavy (non-hydrogen) atoms. The maximum Gasteiger partial charge on any atom is 0.339 e. The van der Waals surface area contributed by atoms with E-state index in [0.717, 1.165) is 5.56 Å². The fraction of sp³-hybridized carbons (Fsp3) is 0.389. The van der Waals surface area contributed by atoms with E-state index in [-0.39, 0.29) is 11.9 Å². The Balaban J connectivity index is 2.36. The van der Waals surface area contributed by atoms with Crippen LogP contribution in [0.5, 0.6) is 0 Å². The highest BCUT2D eigenvalue weighted by Crippen LogP contribution is 2.25. The maximum atomic E-state index is 12.9.